The van der Waals surface area contributed by atoms with Crippen molar-refractivity contribution < 1.29 is 47.3 Å². The van der Waals surface area contributed by atoms with E-state index in [0.717, 1.165) is 29.8 Å². The Bertz CT molecular complexity index is 1720. The van der Waals surface area contributed by atoms with Gasteiger partial charge in [-0.2, -0.15) is 13.2 Å². The van der Waals surface area contributed by atoms with Gasteiger partial charge in [-0.15, -0.1) is 0 Å². The molecule has 2 unspecified atom stereocenters. The zero-order valence-corrected chi connectivity index (χ0v) is 25.2. The summed E-state index contributed by atoms with van der Waals surface area (Å²) < 4.78 is 44.1. The van der Waals surface area contributed by atoms with Crippen molar-refractivity contribution in [3.63, 3.8) is 0 Å². The molecule has 4 rings (SSSR count). The van der Waals surface area contributed by atoms with E-state index in [0.29, 0.717) is 22.6 Å². The highest BCUT2D eigenvalue weighted by Crippen LogP contribution is 2.29. The lowest BCUT2D eigenvalue weighted by atomic mass is 10.0. The van der Waals surface area contributed by atoms with Crippen molar-refractivity contribution in [3.05, 3.63) is 125 Å². The molecule has 0 bridgehead atoms. The molecule has 0 saturated heterocycles. The van der Waals surface area contributed by atoms with Crippen LogP contribution in [0.5, 0.6) is 5.75 Å². The Morgan fingerprint density at radius 1 is 0.625 bits per heavy atom. The van der Waals surface area contributed by atoms with Gasteiger partial charge in [0.05, 0.1) is 5.56 Å². The highest BCUT2D eigenvalue weighted by molar-refractivity contribution is 5.93. The fourth-order valence-electron chi connectivity index (χ4n) is 4.53. The molecule has 0 radical (unpaired) electrons. The van der Waals surface area contributed by atoms with Gasteiger partial charge in [0, 0.05) is 24.2 Å². The molecule has 0 aliphatic carbocycles. The van der Waals surface area contributed by atoms with Crippen molar-refractivity contribution in [3.8, 4) is 5.75 Å². The van der Waals surface area contributed by atoms with Crippen LogP contribution in [-0.4, -0.2) is 46.3 Å². The molecule has 11 nitrogen and oxygen atoms in total. The largest absolute Gasteiger partial charge is 0.489 e. The average molecular weight is 665 g/mol. The van der Waals surface area contributed by atoms with Crippen LogP contribution >= 0.6 is 0 Å². The standard InChI is InChI=1S/C34H31F3N4O7/c35-34(36,37)24-9-11-25(12-10-24)38-32(46)41-29(31(44)45)19-22-7-4-8-23(17-22)20-48-27-15-13-26(14-16-27)39-33(47)40-28(30(42)43)18-21-5-2-1-3-6-21/h1-17,28-29H,18-20H2,(H,42,43)(H,44,45)(H2,38,41,46)(H2,39,40,47). The lowest BCUT2D eigenvalue weighted by molar-refractivity contribution is -0.140. The van der Waals surface area contributed by atoms with Gasteiger partial charge in [0.25, 0.3) is 0 Å². The van der Waals surface area contributed by atoms with E-state index in [-0.39, 0.29) is 25.1 Å². The van der Waals surface area contributed by atoms with Crippen molar-refractivity contribution in [1.82, 2.24) is 10.6 Å². The number of nitrogens with one attached hydrogen (secondary N) is 4. The van der Waals surface area contributed by atoms with E-state index in [9.17, 15) is 42.6 Å². The fourth-order valence-corrected chi connectivity index (χ4v) is 4.53. The summed E-state index contributed by atoms with van der Waals surface area (Å²) in [5, 5.41) is 28.8. The first kappa shape index (κ1) is 34.8. The van der Waals surface area contributed by atoms with Crippen molar-refractivity contribution in [2.45, 2.75) is 37.7 Å². The van der Waals surface area contributed by atoms with Crippen molar-refractivity contribution in [1.29, 1.82) is 0 Å². The second-order valence-corrected chi connectivity index (χ2v) is 10.6. The molecule has 0 aliphatic heterocycles. The molecule has 0 heterocycles. The van der Waals surface area contributed by atoms with Crippen LogP contribution in [0.3, 0.4) is 0 Å². The number of hydrogen-bond acceptors (Lipinski definition) is 5. The summed E-state index contributed by atoms with van der Waals surface area (Å²) in [5.41, 5.74) is 1.61. The minimum absolute atomic E-state index is 0.0570. The van der Waals surface area contributed by atoms with Crippen molar-refractivity contribution in [2.75, 3.05) is 10.6 Å². The molecule has 4 aromatic carbocycles. The zero-order chi connectivity index (χ0) is 34.7. The van der Waals surface area contributed by atoms with Crippen LogP contribution in [0.1, 0.15) is 22.3 Å². The van der Waals surface area contributed by atoms with E-state index in [1.807, 2.05) is 6.07 Å². The van der Waals surface area contributed by atoms with Crippen LogP contribution in [0.4, 0.5) is 34.1 Å². The van der Waals surface area contributed by atoms with Gasteiger partial charge >= 0.3 is 30.2 Å². The predicted octanol–water partition coefficient (Wildman–Crippen LogP) is 5.92. The number of halogens is 3. The third-order valence-corrected chi connectivity index (χ3v) is 6.91. The van der Waals surface area contributed by atoms with E-state index >= 15 is 0 Å². The molecular weight excluding hydrogens is 633 g/mol. The Balaban J connectivity index is 1.27. The number of carbonyl (C=O) groups is 4. The Hall–Kier alpha value is -6.05. The number of anilines is 2. The van der Waals surface area contributed by atoms with Gasteiger partial charge in [-0.25, -0.2) is 19.2 Å². The molecule has 0 fully saturated rings. The predicted molar refractivity (Wildman–Crippen MR) is 170 cm³/mol. The quantitative estimate of drug-likeness (QED) is 0.103. The summed E-state index contributed by atoms with van der Waals surface area (Å²) in [6.07, 6.45) is -4.50. The number of carbonyl (C=O) groups excluding carboxylic acids is 2. The number of carboxylic acid groups (broad SMARTS) is 2. The normalized spacial score (nSPS) is 12.2. The number of urea groups is 2. The monoisotopic (exact) mass is 664 g/mol. The molecule has 0 saturated carbocycles. The minimum atomic E-state index is -4.53. The number of benzene rings is 4. The van der Waals surface area contributed by atoms with Gasteiger partial charge in [0.1, 0.15) is 24.4 Å². The van der Waals surface area contributed by atoms with Gasteiger partial charge in [-0.05, 0) is 65.2 Å². The highest BCUT2D eigenvalue weighted by atomic mass is 19.4. The number of alkyl halides is 3. The summed E-state index contributed by atoms with van der Waals surface area (Å²) in [5.74, 6) is -2.01. The average Bonchev–Trinajstić information content (AvgIpc) is 3.04. The van der Waals surface area contributed by atoms with Crippen LogP contribution < -0.4 is 26.0 Å². The lowest BCUT2D eigenvalue weighted by Crippen LogP contribution is -2.44. The van der Waals surface area contributed by atoms with Gasteiger partial charge < -0.3 is 36.2 Å². The van der Waals surface area contributed by atoms with Crippen LogP contribution in [0.2, 0.25) is 0 Å². The summed E-state index contributed by atoms with van der Waals surface area (Å²) in [6.45, 7) is 0.112. The maximum Gasteiger partial charge on any atom is 0.416 e. The second kappa shape index (κ2) is 16.0. The lowest BCUT2D eigenvalue weighted by Gasteiger charge is -2.16. The third kappa shape index (κ3) is 10.8. The summed E-state index contributed by atoms with van der Waals surface area (Å²) in [6, 6.07) is 21.8. The topological polar surface area (TPSA) is 166 Å². The number of amides is 4. The first-order valence-corrected chi connectivity index (χ1v) is 14.5. The first-order chi connectivity index (χ1) is 22.9. The van der Waals surface area contributed by atoms with Crippen LogP contribution in [0, 0.1) is 0 Å². The van der Waals surface area contributed by atoms with E-state index in [1.165, 1.54) is 0 Å². The Morgan fingerprint density at radius 3 is 1.62 bits per heavy atom. The Morgan fingerprint density at radius 2 is 1.10 bits per heavy atom. The van der Waals surface area contributed by atoms with Crippen LogP contribution in [-0.2, 0) is 35.2 Å². The number of rotatable bonds is 13. The van der Waals surface area contributed by atoms with Gasteiger partial charge in [0.2, 0.25) is 0 Å². The number of aliphatic carboxylic acids is 2. The van der Waals surface area contributed by atoms with Crippen LogP contribution in [0.15, 0.2) is 103 Å². The first-order valence-electron chi connectivity index (χ1n) is 14.5. The van der Waals surface area contributed by atoms with E-state index in [2.05, 4.69) is 21.3 Å². The third-order valence-electron chi connectivity index (χ3n) is 6.91. The Kier molecular flexibility index (Phi) is 11.6. The molecule has 0 aliphatic rings. The van der Waals surface area contributed by atoms with Gasteiger partial charge in [0.15, 0.2) is 0 Å². The number of ether oxygens (including phenoxy) is 1. The molecule has 4 aromatic rings. The molecule has 2 atom stereocenters. The summed E-state index contributed by atoms with van der Waals surface area (Å²) in [7, 11) is 0. The maximum absolute atomic E-state index is 12.8. The van der Waals surface area contributed by atoms with E-state index in [4.69, 9.17) is 4.74 Å². The number of hydrogen-bond donors (Lipinski definition) is 6. The molecule has 14 heteroatoms. The Labute approximate surface area is 272 Å². The molecule has 6 N–H and O–H groups in total. The number of carboxylic acids is 2. The molecule has 0 spiro atoms. The van der Waals surface area contributed by atoms with Crippen molar-refractivity contribution in [2.24, 2.45) is 0 Å². The molecule has 48 heavy (non-hydrogen) atoms. The fraction of sp³-hybridized carbons (Fsp3) is 0.176. The van der Waals surface area contributed by atoms with Crippen molar-refractivity contribution >= 4 is 35.4 Å². The zero-order valence-electron chi connectivity index (χ0n) is 25.2. The summed E-state index contributed by atoms with van der Waals surface area (Å²) in [4.78, 5) is 48.3. The molecule has 0 aromatic heterocycles. The van der Waals surface area contributed by atoms with E-state index < -0.39 is 47.8 Å². The van der Waals surface area contributed by atoms with Gasteiger partial charge in [-0.3, -0.25) is 0 Å². The van der Waals surface area contributed by atoms with E-state index in [1.54, 1.807) is 72.8 Å². The smallest absolute Gasteiger partial charge is 0.416 e. The van der Waals surface area contributed by atoms with Gasteiger partial charge in [-0.1, -0.05) is 54.6 Å². The summed E-state index contributed by atoms with van der Waals surface area (Å²) >= 11 is 0. The second-order valence-electron chi connectivity index (χ2n) is 10.6. The highest BCUT2D eigenvalue weighted by Gasteiger charge is 2.30. The molecule has 250 valence electrons. The van der Waals surface area contributed by atoms with Crippen LogP contribution in [0.25, 0.3) is 0 Å². The maximum atomic E-state index is 12.8. The molecule has 4 amide bonds. The minimum Gasteiger partial charge on any atom is -0.489 e. The SMILES string of the molecule is O=C(Nc1ccc(OCc2cccc(CC(NC(=O)Nc3ccc(C(F)(F)F)cc3)C(=O)O)c2)cc1)NC(Cc1ccccc1)C(=O)O. The molecular formula is C34H31F3N4O7.